The number of anilines is 1. The van der Waals surface area contributed by atoms with Gasteiger partial charge in [-0.2, -0.15) is 4.98 Å². The molecule has 2 amide bonds. The minimum atomic E-state index is -0.0940. The summed E-state index contributed by atoms with van der Waals surface area (Å²) in [6.45, 7) is 1.39. The van der Waals surface area contributed by atoms with Crippen molar-refractivity contribution in [3.05, 3.63) is 42.6 Å². The van der Waals surface area contributed by atoms with Crippen molar-refractivity contribution in [3.63, 3.8) is 0 Å². The number of ether oxygens (including phenoxy) is 1. The molecule has 0 saturated carbocycles. The number of urea groups is 1. The molecule has 1 aliphatic heterocycles. The molecule has 3 heterocycles. The molecule has 1 aromatic carbocycles. The van der Waals surface area contributed by atoms with E-state index in [0.29, 0.717) is 30.7 Å². The normalized spacial score (nSPS) is 14.2. The van der Waals surface area contributed by atoms with Crippen LogP contribution < -0.4 is 15.0 Å². The summed E-state index contributed by atoms with van der Waals surface area (Å²) in [7, 11) is 1.55. The molecule has 0 radical (unpaired) electrons. The molecule has 1 saturated heterocycles. The van der Waals surface area contributed by atoms with Gasteiger partial charge in [0.25, 0.3) is 5.89 Å². The average Bonchev–Trinajstić information content (AvgIpc) is 3.19. The van der Waals surface area contributed by atoms with Crippen molar-refractivity contribution in [2.45, 2.75) is 6.42 Å². The second-order valence-electron chi connectivity index (χ2n) is 5.80. The maximum absolute atomic E-state index is 12.0. The number of nitrogens with zero attached hydrogens (tertiary/aromatic N) is 4. The fourth-order valence-corrected chi connectivity index (χ4v) is 2.80. The molecule has 8 nitrogen and oxygen atoms in total. The van der Waals surface area contributed by atoms with E-state index in [-0.39, 0.29) is 6.03 Å². The lowest BCUT2D eigenvalue weighted by Gasteiger charge is -2.27. The van der Waals surface area contributed by atoms with E-state index < -0.39 is 0 Å². The van der Waals surface area contributed by atoms with Crippen LogP contribution in [0.25, 0.3) is 22.8 Å². The number of benzene rings is 1. The Labute approximate surface area is 149 Å². The number of hydrogen-bond acceptors (Lipinski definition) is 6. The number of pyridine rings is 1. The first-order valence-electron chi connectivity index (χ1n) is 8.24. The third kappa shape index (κ3) is 3.08. The van der Waals surface area contributed by atoms with E-state index in [0.717, 1.165) is 23.2 Å². The predicted molar refractivity (Wildman–Crippen MR) is 94.9 cm³/mol. The predicted octanol–water partition coefficient (Wildman–Crippen LogP) is 2.73. The summed E-state index contributed by atoms with van der Waals surface area (Å²) in [6.07, 6.45) is 2.53. The lowest BCUT2D eigenvalue weighted by Crippen LogP contribution is -2.46. The zero-order valence-electron chi connectivity index (χ0n) is 14.2. The van der Waals surface area contributed by atoms with Gasteiger partial charge in [-0.1, -0.05) is 11.2 Å². The molecule has 1 fully saturated rings. The van der Waals surface area contributed by atoms with Gasteiger partial charge < -0.3 is 14.6 Å². The Kier molecular flexibility index (Phi) is 4.22. The molecule has 0 unspecified atom stereocenters. The number of carbonyl (C=O) groups excluding carboxylic acids is 1. The lowest BCUT2D eigenvalue weighted by molar-refractivity contribution is 0.243. The van der Waals surface area contributed by atoms with Gasteiger partial charge in [-0.25, -0.2) is 9.78 Å². The Morgan fingerprint density at radius 3 is 3.00 bits per heavy atom. The van der Waals surface area contributed by atoms with Gasteiger partial charge in [0.1, 0.15) is 0 Å². The van der Waals surface area contributed by atoms with Gasteiger partial charge in [0.2, 0.25) is 11.7 Å². The summed E-state index contributed by atoms with van der Waals surface area (Å²) in [6, 6.07) is 10.9. The fraction of sp³-hybridized carbons (Fsp3) is 0.222. The van der Waals surface area contributed by atoms with Crippen LogP contribution in [0, 0.1) is 0 Å². The molecular weight excluding hydrogens is 334 g/mol. The van der Waals surface area contributed by atoms with E-state index in [9.17, 15) is 4.79 Å². The largest absolute Gasteiger partial charge is 0.481 e. The van der Waals surface area contributed by atoms with E-state index in [1.54, 1.807) is 30.3 Å². The number of nitrogens with one attached hydrogen (secondary N) is 1. The third-order valence-corrected chi connectivity index (χ3v) is 4.11. The number of aromatic nitrogens is 3. The Morgan fingerprint density at radius 2 is 2.15 bits per heavy atom. The minimum absolute atomic E-state index is 0.0940. The van der Waals surface area contributed by atoms with Crippen molar-refractivity contribution in [2.24, 2.45) is 0 Å². The first kappa shape index (κ1) is 16.1. The zero-order valence-corrected chi connectivity index (χ0v) is 14.2. The van der Waals surface area contributed by atoms with Crippen LogP contribution in [0.5, 0.6) is 5.88 Å². The van der Waals surface area contributed by atoms with Crippen LogP contribution in [0.2, 0.25) is 0 Å². The number of carbonyl (C=O) groups is 1. The summed E-state index contributed by atoms with van der Waals surface area (Å²) >= 11 is 0. The van der Waals surface area contributed by atoms with Gasteiger partial charge in [0, 0.05) is 42.2 Å². The number of amides is 2. The number of hydrogen-bond donors (Lipinski definition) is 1. The monoisotopic (exact) mass is 351 g/mol. The van der Waals surface area contributed by atoms with Crippen molar-refractivity contribution in [2.75, 3.05) is 25.1 Å². The smallest absolute Gasteiger partial charge is 0.321 e. The average molecular weight is 351 g/mol. The molecule has 0 spiro atoms. The van der Waals surface area contributed by atoms with Gasteiger partial charge in [0.15, 0.2) is 0 Å². The standard InChI is InChI=1S/C18H17N5O3/c1-25-15-11-12(6-8-19-15)16-21-17(26-22-16)13-4-2-5-14(10-13)23-9-3-7-20-18(23)24/h2,4-6,8,10-11H,3,7,9H2,1H3,(H,20,24). The summed E-state index contributed by atoms with van der Waals surface area (Å²) in [5.41, 5.74) is 2.30. The Balaban J connectivity index is 1.63. The fourth-order valence-electron chi connectivity index (χ4n) is 2.80. The van der Waals surface area contributed by atoms with Gasteiger partial charge in [-0.05, 0) is 30.7 Å². The van der Waals surface area contributed by atoms with E-state index >= 15 is 0 Å². The molecule has 0 atom stereocenters. The Hall–Kier alpha value is -3.42. The Bertz CT molecular complexity index is 940. The van der Waals surface area contributed by atoms with Gasteiger partial charge >= 0.3 is 6.03 Å². The highest BCUT2D eigenvalue weighted by molar-refractivity contribution is 5.93. The molecule has 26 heavy (non-hydrogen) atoms. The minimum Gasteiger partial charge on any atom is -0.481 e. The highest BCUT2D eigenvalue weighted by atomic mass is 16.5. The van der Waals surface area contributed by atoms with Crippen LogP contribution in [0.3, 0.4) is 0 Å². The van der Waals surface area contributed by atoms with Crippen molar-refractivity contribution < 1.29 is 14.1 Å². The highest BCUT2D eigenvalue weighted by Gasteiger charge is 2.20. The second-order valence-corrected chi connectivity index (χ2v) is 5.80. The van der Waals surface area contributed by atoms with Crippen LogP contribution in [0.15, 0.2) is 47.1 Å². The van der Waals surface area contributed by atoms with E-state index in [1.807, 2.05) is 24.3 Å². The van der Waals surface area contributed by atoms with Crippen molar-refractivity contribution in [1.82, 2.24) is 20.4 Å². The maximum Gasteiger partial charge on any atom is 0.321 e. The second kappa shape index (κ2) is 6.83. The van der Waals surface area contributed by atoms with Crippen molar-refractivity contribution in [3.8, 4) is 28.7 Å². The first-order chi connectivity index (χ1) is 12.7. The van der Waals surface area contributed by atoms with Crippen LogP contribution in [-0.4, -0.2) is 41.4 Å². The van der Waals surface area contributed by atoms with Crippen LogP contribution >= 0.6 is 0 Å². The molecule has 3 aromatic rings. The quantitative estimate of drug-likeness (QED) is 0.777. The van der Waals surface area contributed by atoms with E-state index in [2.05, 4.69) is 20.4 Å². The van der Waals surface area contributed by atoms with Crippen molar-refractivity contribution >= 4 is 11.7 Å². The molecule has 1 aliphatic rings. The van der Waals surface area contributed by atoms with Gasteiger partial charge in [-0.3, -0.25) is 4.90 Å². The van der Waals surface area contributed by atoms with Crippen LogP contribution in [0.4, 0.5) is 10.5 Å². The zero-order chi connectivity index (χ0) is 17.9. The van der Waals surface area contributed by atoms with E-state index in [4.69, 9.17) is 9.26 Å². The first-order valence-corrected chi connectivity index (χ1v) is 8.24. The maximum atomic E-state index is 12.0. The molecule has 8 heteroatoms. The van der Waals surface area contributed by atoms with Crippen LogP contribution in [0.1, 0.15) is 6.42 Å². The van der Waals surface area contributed by atoms with Gasteiger partial charge in [0.05, 0.1) is 7.11 Å². The molecular formula is C18H17N5O3. The number of methoxy groups -OCH3 is 1. The van der Waals surface area contributed by atoms with Gasteiger partial charge in [-0.15, -0.1) is 0 Å². The topological polar surface area (TPSA) is 93.4 Å². The van der Waals surface area contributed by atoms with Crippen molar-refractivity contribution in [1.29, 1.82) is 0 Å². The molecule has 132 valence electrons. The Morgan fingerprint density at radius 1 is 1.23 bits per heavy atom. The molecule has 2 aromatic heterocycles. The highest BCUT2D eigenvalue weighted by Crippen LogP contribution is 2.27. The SMILES string of the molecule is COc1cc(-c2noc(-c3cccc(N4CCCNC4=O)c3)n2)ccn1. The third-order valence-electron chi connectivity index (χ3n) is 4.11. The summed E-state index contributed by atoms with van der Waals surface area (Å²) < 4.78 is 10.5. The summed E-state index contributed by atoms with van der Waals surface area (Å²) in [5.74, 6) is 1.31. The van der Waals surface area contributed by atoms with Crippen LogP contribution in [-0.2, 0) is 0 Å². The summed E-state index contributed by atoms with van der Waals surface area (Å²) in [4.78, 5) is 22.3. The molecule has 0 aliphatic carbocycles. The molecule has 4 rings (SSSR count). The van der Waals surface area contributed by atoms with E-state index in [1.165, 1.54) is 0 Å². The lowest BCUT2D eigenvalue weighted by atomic mass is 10.1. The summed E-state index contributed by atoms with van der Waals surface area (Å²) in [5, 5.41) is 6.88. The molecule has 1 N–H and O–H groups in total. The molecule has 0 bridgehead atoms. The number of rotatable bonds is 4.